The Bertz CT molecular complexity index is 353. The lowest BCUT2D eigenvalue weighted by atomic mass is 10.1. The maximum Gasteiger partial charge on any atom is 0.00723 e. The first kappa shape index (κ1) is 11.3. The molecule has 0 heterocycles. The molecule has 0 saturated carbocycles. The van der Waals surface area contributed by atoms with Crippen molar-refractivity contribution >= 4 is 11.8 Å². The van der Waals surface area contributed by atoms with E-state index in [1.165, 1.54) is 29.1 Å². The van der Waals surface area contributed by atoms with Gasteiger partial charge in [-0.2, -0.15) is 0 Å². The summed E-state index contributed by atoms with van der Waals surface area (Å²) in [5, 5.41) is 0. The molecule has 0 saturated heterocycles. The Morgan fingerprint density at radius 3 is 2.44 bits per heavy atom. The van der Waals surface area contributed by atoms with Gasteiger partial charge in [-0.1, -0.05) is 42.5 Å². The molecule has 81 valence electrons. The molecule has 1 heteroatoms. The van der Waals surface area contributed by atoms with Gasteiger partial charge in [0, 0.05) is 4.90 Å². The molecule has 2 aromatic carbocycles. The average Bonchev–Trinajstić information content (AvgIpc) is 2.37. The highest BCUT2D eigenvalue weighted by molar-refractivity contribution is 7.99. The molecule has 0 aliphatic carbocycles. The van der Waals surface area contributed by atoms with Crippen LogP contribution >= 0.6 is 11.8 Å². The quantitative estimate of drug-likeness (QED) is 0.544. The highest BCUT2D eigenvalue weighted by Gasteiger charge is 1.94. The third kappa shape index (κ3) is 3.74. The maximum atomic E-state index is 3.04. The van der Waals surface area contributed by atoms with E-state index < -0.39 is 0 Å². The molecule has 0 aliphatic rings. The third-order valence-corrected chi connectivity index (χ3v) is 3.51. The van der Waals surface area contributed by atoms with E-state index >= 15 is 0 Å². The van der Waals surface area contributed by atoms with Crippen LogP contribution in [0.4, 0.5) is 0 Å². The normalized spacial score (nSPS) is 10.2. The summed E-state index contributed by atoms with van der Waals surface area (Å²) >= 11 is 1.92. The molecule has 0 nitrogen and oxygen atoms in total. The predicted octanol–water partition coefficient (Wildman–Crippen LogP) is 4.21. The van der Waals surface area contributed by atoms with Gasteiger partial charge in [0.1, 0.15) is 0 Å². The van der Waals surface area contributed by atoms with Crippen molar-refractivity contribution in [1.82, 2.24) is 0 Å². The molecular weight excluding hydrogens is 212 g/mol. The number of aryl methyl sites for hydroxylation is 1. The minimum atomic E-state index is 1.17. The molecular formula is C15H15S. The van der Waals surface area contributed by atoms with Gasteiger partial charge in [0.25, 0.3) is 0 Å². The van der Waals surface area contributed by atoms with E-state index in [1.807, 2.05) is 23.9 Å². The van der Waals surface area contributed by atoms with Crippen LogP contribution in [0.3, 0.4) is 0 Å². The van der Waals surface area contributed by atoms with Crippen LogP contribution in [0.25, 0.3) is 0 Å². The fourth-order valence-electron chi connectivity index (χ4n) is 1.58. The van der Waals surface area contributed by atoms with Gasteiger partial charge in [0.05, 0.1) is 0 Å². The monoisotopic (exact) mass is 227 g/mol. The summed E-state index contributed by atoms with van der Waals surface area (Å²) in [6.07, 6.45) is 2.40. The summed E-state index contributed by atoms with van der Waals surface area (Å²) < 4.78 is 0. The molecule has 2 aromatic rings. The molecule has 0 fully saturated rings. The van der Waals surface area contributed by atoms with Crippen molar-refractivity contribution in [2.75, 3.05) is 5.75 Å². The van der Waals surface area contributed by atoms with E-state index in [9.17, 15) is 0 Å². The highest BCUT2D eigenvalue weighted by atomic mass is 32.2. The summed E-state index contributed by atoms with van der Waals surface area (Å²) in [4.78, 5) is 1.34. The number of hydrogen-bond donors (Lipinski definition) is 0. The van der Waals surface area contributed by atoms with Crippen LogP contribution in [0.15, 0.2) is 59.5 Å². The Labute approximate surface area is 102 Å². The number of thioether (sulfide) groups is 1. The van der Waals surface area contributed by atoms with Crippen molar-refractivity contribution < 1.29 is 0 Å². The van der Waals surface area contributed by atoms with Gasteiger partial charge in [0.15, 0.2) is 0 Å². The summed E-state index contributed by atoms with van der Waals surface area (Å²) in [6, 6.07) is 21.9. The summed E-state index contributed by atoms with van der Waals surface area (Å²) in [6.45, 7) is 0. The first-order valence-corrected chi connectivity index (χ1v) is 6.56. The van der Waals surface area contributed by atoms with Crippen LogP contribution in [0.1, 0.15) is 12.0 Å². The Kier molecular flexibility index (Phi) is 4.50. The lowest BCUT2D eigenvalue weighted by Gasteiger charge is -2.01. The fourth-order valence-corrected chi connectivity index (χ4v) is 2.43. The third-order valence-electron chi connectivity index (χ3n) is 2.41. The maximum absolute atomic E-state index is 3.04. The molecule has 0 atom stereocenters. The molecule has 0 N–H and O–H groups in total. The lowest BCUT2D eigenvalue weighted by molar-refractivity contribution is 0.933. The Balaban J connectivity index is 1.70. The first-order chi connectivity index (χ1) is 7.95. The standard InChI is InChI=1S/C15H15S/c1-3-8-14(9-4-1)10-7-13-16-15-11-5-2-6-12-15/h1,3-6,8-9,11-12H,7,10,13H2. The minimum absolute atomic E-state index is 1.17. The zero-order valence-corrected chi connectivity index (χ0v) is 10.0. The fraction of sp³-hybridized carbons (Fsp3) is 0.200. The predicted molar refractivity (Wildman–Crippen MR) is 70.8 cm³/mol. The average molecular weight is 227 g/mol. The van der Waals surface area contributed by atoms with E-state index in [-0.39, 0.29) is 0 Å². The van der Waals surface area contributed by atoms with Crippen molar-refractivity contribution in [1.29, 1.82) is 0 Å². The largest absolute Gasteiger partial charge is 0.126 e. The topological polar surface area (TPSA) is 0 Å². The molecule has 0 aromatic heterocycles. The lowest BCUT2D eigenvalue weighted by Crippen LogP contribution is -1.87. The van der Waals surface area contributed by atoms with Gasteiger partial charge >= 0.3 is 0 Å². The van der Waals surface area contributed by atoms with E-state index in [4.69, 9.17) is 0 Å². The summed E-state index contributed by atoms with van der Waals surface area (Å²) in [5.74, 6) is 1.18. The molecule has 0 bridgehead atoms. The zero-order chi connectivity index (χ0) is 11.1. The van der Waals surface area contributed by atoms with Crippen molar-refractivity contribution in [3.8, 4) is 0 Å². The van der Waals surface area contributed by atoms with Gasteiger partial charge in [-0.15, -0.1) is 11.8 Å². The van der Waals surface area contributed by atoms with Crippen LogP contribution in [0.5, 0.6) is 0 Å². The van der Waals surface area contributed by atoms with Crippen LogP contribution in [0, 0.1) is 6.07 Å². The van der Waals surface area contributed by atoms with E-state index in [0.717, 1.165) is 0 Å². The second kappa shape index (κ2) is 6.39. The van der Waals surface area contributed by atoms with E-state index in [0.29, 0.717) is 0 Å². The molecule has 0 amide bonds. The number of hydrogen-bond acceptors (Lipinski definition) is 1. The van der Waals surface area contributed by atoms with Gasteiger partial charge in [0.2, 0.25) is 0 Å². The van der Waals surface area contributed by atoms with Gasteiger partial charge in [-0.3, -0.25) is 0 Å². The van der Waals surface area contributed by atoms with Gasteiger partial charge in [-0.25, -0.2) is 0 Å². The highest BCUT2D eigenvalue weighted by Crippen LogP contribution is 2.18. The molecule has 1 radical (unpaired) electrons. The SMILES string of the molecule is [c]1ccc(SCCCc2ccccc2)cc1. The molecule has 0 aliphatic heterocycles. The van der Waals surface area contributed by atoms with Gasteiger partial charge < -0.3 is 0 Å². The summed E-state index contributed by atoms with van der Waals surface area (Å²) in [7, 11) is 0. The Morgan fingerprint density at radius 2 is 1.69 bits per heavy atom. The molecule has 0 unspecified atom stereocenters. The van der Waals surface area contributed by atoms with Crippen molar-refractivity contribution in [3.05, 3.63) is 66.2 Å². The molecule has 2 rings (SSSR count). The van der Waals surface area contributed by atoms with Crippen molar-refractivity contribution in [2.24, 2.45) is 0 Å². The van der Waals surface area contributed by atoms with Crippen molar-refractivity contribution in [2.45, 2.75) is 17.7 Å². The minimum Gasteiger partial charge on any atom is -0.126 e. The summed E-state index contributed by atoms with van der Waals surface area (Å²) in [5.41, 5.74) is 1.43. The second-order valence-electron chi connectivity index (χ2n) is 3.67. The Morgan fingerprint density at radius 1 is 0.938 bits per heavy atom. The first-order valence-electron chi connectivity index (χ1n) is 5.58. The van der Waals surface area contributed by atoms with Crippen LogP contribution in [-0.4, -0.2) is 5.75 Å². The van der Waals surface area contributed by atoms with E-state index in [2.05, 4.69) is 48.5 Å². The smallest absolute Gasteiger partial charge is 0.00723 e. The molecule has 16 heavy (non-hydrogen) atoms. The van der Waals surface area contributed by atoms with Crippen molar-refractivity contribution in [3.63, 3.8) is 0 Å². The van der Waals surface area contributed by atoms with Crippen LogP contribution in [0.2, 0.25) is 0 Å². The number of benzene rings is 2. The van der Waals surface area contributed by atoms with Crippen LogP contribution in [-0.2, 0) is 6.42 Å². The van der Waals surface area contributed by atoms with E-state index in [1.54, 1.807) is 0 Å². The van der Waals surface area contributed by atoms with Gasteiger partial charge in [-0.05, 0) is 42.4 Å². The number of rotatable bonds is 5. The Hall–Kier alpha value is -1.21. The zero-order valence-electron chi connectivity index (χ0n) is 9.23. The van der Waals surface area contributed by atoms with Crippen LogP contribution < -0.4 is 0 Å². The second-order valence-corrected chi connectivity index (χ2v) is 4.84. The molecule has 0 spiro atoms.